The van der Waals surface area contributed by atoms with Crippen LogP contribution in [0.15, 0.2) is 24.3 Å². The third kappa shape index (κ3) is 7.13. The van der Waals surface area contributed by atoms with Crippen LogP contribution in [0, 0.1) is 5.41 Å². The maximum Gasteiger partial charge on any atom is 0.307 e. The molecule has 0 unspecified atom stereocenters. The standard InChI is InChI=1S/C20H29N3O4.ClH/c1-27-18(25)9-12-22-19(26)15-5-7-16(8-6-15)23-17(24)13-20(14-21)10-3-2-4-11-20;/h5-8H,2-4,9-14,21H2,1H3,(H,22,26)(H,23,24);1H. The van der Waals surface area contributed by atoms with Crippen LogP contribution in [0.3, 0.4) is 0 Å². The van der Waals surface area contributed by atoms with Crippen LogP contribution in [0.2, 0.25) is 0 Å². The zero-order valence-corrected chi connectivity index (χ0v) is 17.1. The van der Waals surface area contributed by atoms with Crippen LogP contribution in [-0.4, -0.2) is 38.0 Å². The first kappa shape index (κ1) is 23.9. The van der Waals surface area contributed by atoms with E-state index in [1.165, 1.54) is 13.5 Å². The molecule has 1 aromatic carbocycles. The molecule has 2 amide bonds. The third-order valence-corrected chi connectivity index (χ3v) is 5.16. The van der Waals surface area contributed by atoms with Gasteiger partial charge in [-0.15, -0.1) is 12.4 Å². The van der Waals surface area contributed by atoms with Crippen molar-refractivity contribution in [1.29, 1.82) is 0 Å². The Labute approximate surface area is 172 Å². The van der Waals surface area contributed by atoms with Crippen molar-refractivity contribution in [3.8, 4) is 0 Å². The molecule has 0 radical (unpaired) electrons. The van der Waals surface area contributed by atoms with Gasteiger partial charge in [0.05, 0.1) is 13.5 Å². The second-order valence-corrected chi connectivity index (χ2v) is 7.15. The molecule has 0 spiro atoms. The van der Waals surface area contributed by atoms with Crippen LogP contribution in [0.4, 0.5) is 5.69 Å². The number of carbonyl (C=O) groups is 3. The summed E-state index contributed by atoms with van der Waals surface area (Å²) < 4.78 is 4.52. The lowest BCUT2D eigenvalue weighted by atomic mass is 9.71. The van der Waals surface area contributed by atoms with Crippen molar-refractivity contribution in [1.82, 2.24) is 5.32 Å². The second kappa shape index (κ2) is 11.7. The monoisotopic (exact) mass is 411 g/mol. The zero-order chi connectivity index (χ0) is 19.7. The highest BCUT2D eigenvalue weighted by Crippen LogP contribution is 2.38. The van der Waals surface area contributed by atoms with Gasteiger partial charge in [-0.3, -0.25) is 14.4 Å². The fraction of sp³-hybridized carbons (Fsp3) is 0.550. The molecule has 0 aromatic heterocycles. The Morgan fingerprint density at radius 2 is 1.75 bits per heavy atom. The molecular formula is C20H30ClN3O4. The Hall–Kier alpha value is -2.12. The average Bonchev–Trinajstić information content (AvgIpc) is 2.68. The summed E-state index contributed by atoms with van der Waals surface area (Å²) in [5.41, 5.74) is 6.97. The Bertz CT molecular complexity index is 658. The van der Waals surface area contributed by atoms with Crippen LogP contribution in [-0.2, 0) is 14.3 Å². The molecule has 7 nitrogen and oxygen atoms in total. The van der Waals surface area contributed by atoms with Gasteiger partial charge in [0.15, 0.2) is 0 Å². The number of amides is 2. The Morgan fingerprint density at radius 1 is 1.11 bits per heavy atom. The number of ether oxygens (including phenoxy) is 1. The van der Waals surface area contributed by atoms with E-state index in [1.54, 1.807) is 24.3 Å². The number of hydrogen-bond donors (Lipinski definition) is 3. The zero-order valence-electron chi connectivity index (χ0n) is 16.3. The number of esters is 1. The first-order valence-corrected chi connectivity index (χ1v) is 9.43. The molecule has 0 saturated heterocycles. The van der Waals surface area contributed by atoms with Crippen LogP contribution < -0.4 is 16.4 Å². The highest BCUT2D eigenvalue weighted by atomic mass is 35.5. The molecule has 1 saturated carbocycles. The summed E-state index contributed by atoms with van der Waals surface area (Å²) in [5.74, 6) is -0.694. The first-order chi connectivity index (χ1) is 13.0. The summed E-state index contributed by atoms with van der Waals surface area (Å²) >= 11 is 0. The van der Waals surface area contributed by atoms with Gasteiger partial charge in [-0.2, -0.15) is 0 Å². The minimum atomic E-state index is -0.374. The molecule has 156 valence electrons. The van der Waals surface area contributed by atoms with Crippen molar-refractivity contribution in [3.05, 3.63) is 29.8 Å². The number of anilines is 1. The van der Waals surface area contributed by atoms with Crippen LogP contribution in [0.5, 0.6) is 0 Å². The summed E-state index contributed by atoms with van der Waals surface area (Å²) in [5, 5.41) is 5.54. The van der Waals surface area contributed by atoms with E-state index in [2.05, 4.69) is 15.4 Å². The van der Waals surface area contributed by atoms with Crippen molar-refractivity contribution >= 4 is 35.9 Å². The van der Waals surface area contributed by atoms with E-state index in [9.17, 15) is 14.4 Å². The van der Waals surface area contributed by atoms with Gasteiger partial charge >= 0.3 is 5.97 Å². The summed E-state index contributed by atoms with van der Waals surface area (Å²) in [6.45, 7) is 0.746. The van der Waals surface area contributed by atoms with Crippen molar-refractivity contribution < 1.29 is 19.1 Å². The third-order valence-electron chi connectivity index (χ3n) is 5.16. The molecule has 1 aliphatic rings. The molecule has 1 aromatic rings. The highest BCUT2D eigenvalue weighted by Gasteiger charge is 2.32. The quantitative estimate of drug-likeness (QED) is 0.569. The second-order valence-electron chi connectivity index (χ2n) is 7.15. The summed E-state index contributed by atoms with van der Waals surface area (Å²) in [6, 6.07) is 6.68. The Morgan fingerprint density at radius 3 is 2.32 bits per heavy atom. The fourth-order valence-electron chi connectivity index (χ4n) is 3.49. The lowest BCUT2D eigenvalue weighted by Crippen LogP contribution is -2.36. The SMILES string of the molecule is COC(=O)CCNC(=O)c1ccc(NC(=O)CC2(CN)CCCCC2)cc1.Cl. The summed E-state index contributed by atoms with van der Waals surface area (Å²) in [4.78, 5) is 35.5. The van der Waals surface area contributed by atoms with E-state index in [4.69, 9.17) is 5.73 Å². The maximum atomic E-state index is 12.4. The van der Waals surface area contributed by atoms with Crippen molar-refractivity contribution in [3.63, 3.8) is 0 Å². The number of halogens is 1. The van der Waals surface area contributed by atoms with Crippen molar-refractivity contribution in [2.24, 2.45) is 11.1 Å². The molecule has 8 heteroatoms. The maximum absolute atomic E-state index is 12.4. The largest absolute Gasteiger partial charge is 0.469 e. The van der Waals surface area contributed by atoms with E-state index in [0.29, 0.717) is 24.2 Å². The van der Waals surface area contributed by atoms with E-state index in [-0.39, 0.29) is 48.6 Å². The highest BCUT2D eigenvalue weighted by molar-refractivity contribution is 5.96. The fourth-order valence-corrected chi connectivity index (χ4v) is 3.49. The van der Waals surface area contributed by atoms with Gasteiger partial charge in [-0.25, -0.2) is 0 Å². The van der Waals surface area contributed by atoms with E-state index in [1.807, 2.05) is 0 Å². The van der Waals surface area contributed by atoms with E-state index < -0.39 is 0 Å². The molecular weight excluding hydrogens is 382 g/mol. The minimum absolute atomic E-state index is 0. The Balaban J connectivity index is 0.00000392. The van der Waals surface area contributed by atoms with Gasteiger partial charge < -0.3 is 21.1 Å². The molecule has 0 aliphatic heterocycles. The van der Waals surface area contributed by atoms with Crippen LogP contribution in [0.25, 0.3) is 0 Å². The topological polar surface area (TPSA) is 111 Å². The molecule has 4 N–H and O–H groups in total. The molecule has 2 rings (SSSR count). The van der Waals surface area contributed by atoms with Gasteiger partial charge in [-0.1, -0.05) is 19.3 Å². The number of methoxy groups -OCH3 is 1. The van der Waals surface area contributed by atoms with Gasteiger partial charge in [0, 0.05) is 24.2 Å². The van der Waals surface area contributed by atoms with E-state index >= 15 is 0 Å². The lowest BCUT2D eigenvalue weighted by molar-refractivity contribution is -0.140. The summed E-state index contributed by atoms with van der Waals surface area (Å²) in [7, 11) is 1.31. The number of rotatable bonds is 8. The van der Waals surface area contributed by atoms with Gasteiger partial charge in [0.25, 0.3) is 5.91 Å². The average molecular weight is 412 g/mol. The summed E-state index contributed by atoms with van der Waals surface area (Å²) in [6.07, 6.45) is 6.03. The molecule has 0 atom stereocenters. The number of benzene rings is 1. The van der Waals surface area contributed by atoms with Gasteiger partial charge in [0.1, 0.15) is 0 Å². The molecule has 0 bridgehead atoms. The predicted octanol–water partition coefficient (Wildman–Crippen LogP) is 2.64. The number of hydrogen-bond acceptors (Lipinski definition) is 5. The van der Waals surface area contributed by atoms with Crippen molar-refractivity contribution in [2.75, 3.05) is 25.5 Å². The number of nitrogens with two attached hydrogens (primary N) is 1. The number of nitrogens with one attached hydrogen (secondary N) is 2. The first-order valence-electron chi connectivity index (χ1n) is 9.43. The van der Waals surface area contributed by atoms with Crippen molar-refractivity contribution in [2.45, 2.75) is 44.9 Å². The smallest absolute Gasteiger partial charge is 0.307 e. The number of carbonyl (C=O) groups excluding carboxylic acids is 3. The molecule has 28 heavy (non-hydrogen) atoms. The van der Waals surface area contributed by atoms with Gasteiger partial charge in [-0.05, 0) is 49.1 Å². The van der Waals surface area contributed by atoms with E-state index in [0.717, 1.165) is 25.7 Å². The molecule has 1 aliphatic carbocycles. The van der Waals surface area contributed by atoms with Crippen LogP contribution >= 0.6 is 12.4 Å². The van der Waals surface area contributed by atoms with Crippen LogP contribution in [0.1, 0.15) is 55.3 Å². The lowest BCUT2D eigenvalue weighted by Gasteiger charge is -2.35. The minimum Gasteiger partial charge on any atom is -0.469 e. The normalized spacial score (nSPS) is 15.1. The molecule has 0 heterocycles. The van der Waals surface area contributed by atoms with Gasteiger partial charge in [0.2, 0.25) is 5.91 Å². The predicted molar refractivity (Wildman–Crippen MR) is 110 cm³/mol. The molecule has 1 fully saturated rings. The Kier molecular flexibility index (Phi) is 9.96.